The van der Waals surface area contributed by atoms with Crippen LogP contribution in [0.4, 0.5) is 24.9 Å². The molecule has 1 aliphatic heterocycles. The average Bonchev–Trinajstić information content (AvgIpc) is 3.91. The van der Waals surface area contributed by atoms with Crippen LogP contribution in [0.3, 0.4) is 0 Å². The Morgan fingerprint density at radius 2 is 1.66 bits per heavy atom. The van der Waals surface area contributed by atoms with Gasteiger partial charge in [-0.15, -0.1) is 10.2 Å². The smallest absolute Gasteiger partial charge is 0.475 e. The van der Waals surface area contributed by atoms with Crippen LogP contribution >= 0.6 is 0 Å². The summed E-state index contributed by atoms with van der Waals surface area (Å²) in [5, 5.41) is 51.9. The van der Waals surface area contributed by atoms with Crippen LogP contribution in [-0.4, -0.2) is 105 Å². The van der Waals surface area contributed by atoms with Crippen molar-refractivity contribution in [2.24, 2.45) is 0 Å². The summed E-state index contributed by atoms with van der Waals surface area (Å²) in [6.45, 7) is 4.08. The maximum absolute atomic E-state index is 11.2. The van der Waals surface area contributed by atoms with Gasteiger partial charge in [0.15, 0.2) is 22.8 Å². The molecule has 2 aliphatic rings. The Hall–Kier alpha value is -5.20. The molecule has 264 valence electrons. The number of aliphatic hydroxyl groups excluding tert-OH is 2. The number of hydrogen-bond acceptors (Lipinski definition) is 12. The van der Waals surface area contributed by atoms with Gasteiger partial charge in [0, 0.05) is 25.0 Å². The molecule has 6 N–H and O–H groups in total. The summed E-state index contributed by atoms with van der Waals surface area (Å²) in [6, 6.07) is 20.0. The Morgan fingerprint density at radius 1 is 1.02 bits per heavy atom. The molecule has 0 unspecified atom stereocenters. The van der Waals surface area contributed by atoms with Gasteiger partial charge in [-0.05, 0) is 42.7 Å². The number of rotatable bonds is 9. The van der Waals surface area contributed by atoms with Gasteiger partial charge in [0.1, 0.15) is 18.2 Å². The summed E-state index contributed by atoms with van der Waals surface area (Å²) >= 11 is 0. The van der Waals surface area contributed by atoms with Crippen molar-refractivity contribution in [3.05, 3.63) is 83.9 Å². The van der Waals surface area contributed by atoms with Gasteiger partial charge in [0.05, 0.1) is 12.4 Å². The number of tetrazole rings is 1. The Labute approximate surface area is 283 Å². The number of aryl methyl sites for hydroxylation is 1. The van der Waals surface area contributed by atoms with Gasteiger partial charge in [-0.3, -0.25) is 0 Å². The van der Waals surface area contributed by atoms with Crippen molar-refractivity contribution in [1.82, 2.24) is 45.0 Å². The Balaban J connectivity index is 0.000000561. The first kappa shape index (κ1) is 34.7. The molecule has 3 aromatic heterocycles. The SMILES string of the molecule is Cc1nnn([C@H]2C[C@@H](n3cnc4c(NCC(c5ccccc5)c5ccccc5)nc(N[C@@H]5CCNC5)nc43)[C@H](O)[C@@H]2O)n1.O=C(O)C(F)(F)F. The van der Waals surface area contributed by atoms with Crippen LogP contribution in [0.2, 0.25) is 0 Å². The molecule has 50 heavy (non-hydrogen) atoms. The molecule has 1 saturated heterocycles. The lowest BCUT2D eigenvalue weighted by molar-refractivity contribution is -0.192. The number of imidazole rings is 1. The van der Waals surface area contributed by atoms with E-state index in [1.807, 2.05) is 16.7 Å². The number of aromatic nitrogens is 8. The second-order valence-corrected chi connectivity index (χ2v) is 12.1. The fourth-order valence-corrected chi connectivity index (χ4v) is 6.23. The lowest BCUT2D eigenvalue weighted by Gasteiger charge is -2.21. The van der Waals surface area contributed by atoms with Gasteiger partial charge in [-0.25, -0.2) is 9.78 Å². The number of nitrogens with one attached hydrogen (secondary N) is 3. The van der Waals surface area contributed by atoms with Crippen molar-refractivity contribution in [2.45, 2.75) is 62.2 Å². The zero-order chi connectivity index (χ0) is 35.4. The molecule has 5 atom stereocenters. The van der Waals surface area contributed by atoms with Gasteiger partial charge >= 0.3 is 12.1 Å². The highest BCUT2D eigenvalue weighted by Gasteiger charge is 2.45. The summed E-state index contributed by atoms with van der Waals surface area (Å²) in [7, 11) is 0. The van der Waals surface area contributed by atoms with Crippen molar-refractivity contribution in [2.75, 3.05) is 30.3 Å². The van der Waals surface area contributed by atoms with Crippen molar-refractivity contribution in [3.8, 4) is 0 Å². The summed E-state index contributed by atoms with van der Waals surface area (Å²) in [5.41, 5.74) is 3.55. The zero-order valence-electron chi connectivity index (χ0n) is 26.8. The lowest BCUT2D eigenvalue weighted by atomic mass is 9.91. The number of hydrogen-bond donors (Lipinski definition) is 6. The lowest BCUT2D eigenvalue weighted by Crippen LogP contribution is -2.31. The second kappa shape index (κ2) is 14.7. The zero-order valence-corrected chi connectivity index (χ0v) is 26.8. The van der Waals surface area contributed by atoms with Crippen molar-refractivity contribution in [1.29, 1.82) is 0 Å². The molecular formula is C32H36F3N11O4. The van der Waals surface area contributed by atoms with E-state index in [1.54, 1.807) is 13.3 Å². The van der Waals surface area contributed by atoms with Crippen LogP contribution < -0.4 is 16.0 Å². The standard InChI is InChI=1S/C30H35N11O2.C2HF3O2/c1-18-37-39-41(38-18)24-14-23(26(42)27(24)43)40-17-33-25-28(35-30(36-29(25)40)34-21-12-13-31-15-21)32-16-22(19-8-4-2-5-9-19)20-10-6-3-7-11-20;3-2(4,5)1(6)7/h2-11,17,21-24,26-27,31,42-43H,12-16H2,1H3,(H2,32,34,35,36);(H,6,7)/t21-,23-,24+,26+,27-;/m1./s1. The van der Waals surface area contributed by atoms with E-state index < -0.39 is 36.4 Å². The van der Waals surface area contributed by atoms with Crippen LogP contribution in [0, 0.1) is 6.92 Å². The summed E-state index contributed by atoms with van der Waals surface area (Å²) in [5.74, 6) is -1.08. The first-order valence-electron chi connectivity index (χ1n) is 16.0. The number of nitrogens with zero attached hydrogens (tertiary/aromatic N) is 8. The molecule has 15 nitrogen and oxygen atoms in total. The highest BCUT2D eigenvalue weighted by Crippen LogP contribution is 2.39. The molecule has 0 amide bonds. The second-order valence-electron chi connectivity index (χ2n) is 12.1. The molecule has 1 saturated carbocycles. The van der Waals surface area contributed by atoms with E-state index in [9.17, 15) is 23.4 Å². The highest BCUT2D eigenvalue weighted by atomic mass is 19.4. The average molecular weight is 696 g/mol. The molecule has 1 aliphatic carbocycles. The minimum absolute atomic E-state index is 0.0798. The van der Waals surface area contributed by atoms with E-state index in [4.69, 9.17) is 24.9 Å². The molecular weight excluding hydrogens is 659 g/mol. The molecule has 0 radical (unpaired) electrons. The fourth-order valence-electron chi connectivity index (χ4n) is 6.23. The molecule has 18 heteroatoms. The Kier molecular flexibility index (Phi) is 10.2. The van der Waals surface area contributed by atoms with Crippen LogP contribution in [-0.2, 0) is 4.79 Å². The number of fused-ring (bicyclic) bond motifs is 1. The maximum atomic E-state index is 11.2. The number of anilines is 2. The topological polar surface area (TPSA) is 201 Å². The first-order valence-corrected chi connectivity index (χ1v) is 16.0. The Bertz CT molecular complexity index is 1850. The molecule has 5 aromatic rings. The molecule has 0 spiro atoms. The third-order valence-electron chi connectivity index (χ3n) is 8.74. The van der Waals surface area contributed by atoms with Crippen LogP contribution in [0.25, 0.3) is 11.2 Å². The van der Waals surface area contributed by atoms with E-state index in [0.29, 0.717) is 41.7 Å². The monoisotopic (exact) mass is 695 g/mol. The summed E-state index contributed by atoms with van der Waals surface area (Å²) in [4.78, 5) is 24.8. The number of carboxylic acids is 1. The third kappa shape index (κ3) is 7.66. The molecule has 2 aromatic carbocycles. The van der Waals surface area contributed by atoms with Gasteiger partial charge in [0.2, 0.25) is 5.95 Å². The largest absolute Gasteiger partial charge is 0.490 e. The van der Waals surface area contributed by atoms with Crippen molar-refractivity contribution >= 4 is 28.9 Å². The molecule has 0 bridgehead atoms. The summed E-state index contributed by atoms with van der Waals surface area (Å²) in [6.07, 6.45) is -4.21. The maximum Gasteiger partial charge on any atom is 0.490 e. The minimum atomic E-state index is -5.08. The highest BCUT2D eigenvalue weighted by molar-refractivity contribution is 5.84. The van der Waals surface area contributed by atoms with Crippen molar-refractivity contribution in [3.63, 3.8) is 0 Å². The van der Waals surface area contributed by atoms with E-state index in [0.717, 1.165) is 19.5 Å². The number of aliphatic hydroxyl groups is 2. The number of halogens is 3. The normalized spacial score (nSPS) is 22.0. The van der Waals surface area contributed by atoms with Crippen LogP contribution in [0.1, 0.15) is 47.8 Å². The number of benzene rings is 2. The van der Waals surface area contributed by atoms with Crippen LogP contribution in [0.15, 0.2) is 67.0 Å². The summed E-state index contributed by atoms with van der Waals surface area (Å²) < 4.78 is 33.6. The number of carbonyl (C=O) groups is 1. The molecule has 2 fully saturated rings. The van der Waals surface area contributed by atoms with E-state index in [2.05, 4.69) is 79.9 Å². The molecule has 7 rings (SSSR count). The van der Waals surface area contributed by atoms with Gasteiger partial charge in [-0.1, -0.05) is 60.7 Å². The number of carboxylic acid groups (broad SMARTS) is 1. The first-order chi connectivity index (χ1) is 24.0. The fraction of sp³-hybridized carbons (Fsp3) is 0.406. The number of alkyl halides is 3. The van der Waals surface area contributed by atoms with E-state index in [-0.39, 0.29) is 12.0 Å². The van der Waals surface area contributed by atoms with Gasteiger partial charge in [-0.2, -0.15) is 27.9 Å². The third-order valence-corrected chi connectivity index (χ3v) is 8.74. The van der Waals surface area contributed by atoms with Crippen LogP contribution in [0.5, 0.6) is 0 Å². The van der Waals surface area contributed by atoms with Crippen molar-refractivity contribution < 1.29 is 33.3 Å². The minimum Gasteiger partial charge on any atom is -0.475 e. The predicted octanol–water partition coefficient (Wildman–Crippen LogP) is 2.68. The number of aliphatic carboxylic acids is 1. The van der Waals surface area contributed by atoms with Gasteiger partial charge < -0.3 is 35.8 Å². The Morgan fingerprint density at radius 3 is 2.22 bits per heavy atom. The van der Waals surface area contributed by atoms with E-state index >= 15 is 0 Å². The van der Waals surface area contributed by atoms with E-state index in [1.165, 1.54) is 15.9 Å². The quantitative estimate of drug-likeness (QED) is 0.132. The molecule has 4 heterocycles. The van der Waals surface area contributed by atoms with Gasteiger partial charge in [0.25, 0.3) is 0 Å². The predicted molar refractivity (Wildman–Crippen MR) is 174 cm³/mol.